The van der Waals surface area contributed by atoms with Gasteiger partial charge in [-0.3, -0.25) is 4.98 Å². The molecule has 3 aromatic heterocycles. The van der Waals surface area contributed by atoms with Gasteiger partial charge in [0.25, 0.3) is 0 Å². The second-order valence-corrected chi connectivity index (χ2v) is 8.21. The summed E-state index contributed by atoms with van der Waals surface area (Å²) < 4.78 is 5.48. The molecule has 0 aromatic carbocycles. The Kier molecular flexibility index (Phi) is 4.47. The Bertz CT molecular complexity index is 1160. The molecule has 0 spiro atoms. The number of ether oxygens (including phenoxy) is 1. The molecule has 4 heterocycles. The van der Waals surface area contributed by atoms with E-state index < -0.39 is 0 Å². The van der Waals surface area contributed by atoms with Crippen LogP contribution in [0.3, 0.4) is 0 Å². The number of rotatable bonds is 3. The number of aryl methyl sites for hydroxylation is 1. The van der Waals surface area contributed by atoms with Crippen LogP contribution in [-0.2, 0) is 10.2 Å². The van der Waals surface area contributed by atoms with Crippen molar-refractivity contribution in [3.8, 4) is 11.3 Å². The van der Waals surface area contributed by atoms with Gasteiger partial charge in [-0.05, 0) is 54.5 Å². The maximum absolute atomic E-state index is 5.48. The van der Waals surface area contributed by atoms with E-state index in [0.717, 1.165) is 49.9 Å². The SMILES string of the molecule is Cc1cc(-c2cc3c([nH]2)=CCC(C)(c2ccnc(N4CCOCC4)c2)C=3)ccn1. The van der Waals surface area contributed by atoms with Gasteiger partial charge in [-0.25, -0.2) is 4.98 Å². The lowest BCUT2D eigenvalue weighted by Gasteiger charge is -2.31. The molecular formula is C24H26N4O. The Labute approximate surface area is 170 Å². The average molecular weight is 386 g/mol. The summed E-state index contributed by atoms with van der Waals surface area (Å²) in [6.07, 6.45) is 9.49. The van der Waals surface area contributed by atoms with E-state index >= 15 is 0 Å². The number of aromatic nitrogens is 3. The molecular weight excluding hydrogens is 360 g/mol. The van der Waals surface area contributed by atoms with E-state index in [1.165, 1.54) is 21.7 Å². The van der Waals surface area contributed by atoms with Crippen LogP contribution in [0, 0.1) is 6.92 Å². The Morgan fingerprint density at radius 2 is 1.90 bits per heavy atom. The van der Waals surface area contributed by atoms with Crippen molar-refractivity contribution >= 4 is 18.0 Å². The fourth-order valence-corrected chi connectivity index (χ4v) is 4.30. The third-order valence-corrected chi connectivity index (χ3v) is 6.03. The molecule has 148 valence electrons. The van der Waals surface area contributed by atoms with Crippen molar-refractivity contribution in [1.82, 2.24) is 15.0 Å². The first-order valence-electron chi connectivity index (χ1n) is 10.3. The van der Waals surface area contributed by atoms with Crippen LogP contribution in [0.25, 0.3) is 23.4 Å². The van der Waals surface area contributed by atoms with Crippen LogP contribution in [0.2, 0.25) is 0 Å². The monoisotopic (exact) mass is 386 g/mol. The van der Waals surface area contributed by atoms with E-state index in [0.29, 0.717) is 0 Å². The van der Waals surface area contributed by atoms with Crippen molar-refractivity contribution in [2.24, 2.45) is 0 Å². The van der Waals surface area contributed by atoms with Gasteiger partial charge in [-0.15, -0.1) is 0 Å². The molecule has 5 rings (SSSR count). The van der Waals surface area contributed by atoms with Crippen LogP contribution in [0.15, 0.2) is 42.7 Å². The molecule has 1 saturated heterocycles. The highest BCUT2D eigenvalue weighted by Crippen LogP contribution is 2.33. The minimum Gasteiger partial charge on any atom is -0.378 e. The fraction of sp³-hybridized carbons (Fsp3) is 0.333. The highest BCUT2D eigenvalue weighted by atomic mass is 16.5. The number of nitrogens with zero attached hydrogens (tertiary/aromatic N) is 3. The number of fused-ring (bicyclic) bond motifs is 1. The predicted octanol–water partition coefficient (Wildman–Crippen LogP) is 2.54. The normalized spacial score (nSPS) is 21.2. The van der Waals surface area contributed by atoms with Crippen LogP contribution < -0.4 is 15.5 Å². The molecule has 5 heteroatoms. The molecule has 1 fully saturated rings. The summed E-state index contributed by atoms with van der Waals surface area (Å²) in [7, 11) is 0. The standard InChI is InChI=1S/C24H26N4O/c1-17-13-18(4-7-25-17)22-14-19-16-24(2,6-3-21(19)27-22)20-5-8-26-23(15-20)28-9-11-29-12-10-28/h3-5,7-8,13-16,27H,6,9-12H2,1-2H3. The summed E-state index contributed by atoms with van der Waals surface area (Å²) in [4.78, 5) is 14.8. The van der Waals surface area contributed by atoms with Gasteiger partial charge >= 0.3 is 0 Å². The van der Waals surface area contributed by atoms with Crippen LogP contribution in [-0.4, -0.2) is 41.3 Å². The number of H-pyrrole nitrogens is 1. The van der Waals surface area contributed by atoms with Gasteiger partial charge in [-0.2, -0.15) is 0 Å². The van der Waals surface area contributed by atoms with Crippen molar-refractivity contribution in [3.05, 3.63) is 64.6 Å². The minimum absolute atomic E-state index is 0.0510. The molecule has 0 saturated carbocycles. The Morgan fingerprint density at radius 3 is 2.72 bits per heavy atom. The first-order chi connectivity index (χ1) is 14.1. The number of pyridine rings is 2. The van der Waals surface area contributed by atoms with Gasteiger partial charge < -0.3 is 14.6 Å². The summed E-state index contributed by atoms with van der Waals surface area (Å²) >= 11 is 0. The van der Waals surface area contributed by atoms with Crippen molar-refractivity contribution in [2.45, 2.75) is 25.7 Å². The number of aromatic amines is 1. The zero-order valence-corrected chi connectivity index (χ0v) is 17.0. The second kappa shape index (κ2) is 7.16. The summed E-state index contributed by atoms with van der Waals surface area (Å²) in [6.45, 7) is 7.69. The van der Waals surface area contributed by atoms with Gasteiger partial charge in [0.1, 0.15) is 5.82 Å². The van der Waals surface area contributed by atoms with Crippen LogP contribution in [0.1, 0.15) is 24.6 Å². The molecule has 29 heavy (non-hydrogen) atoms. The lowest BCUT2D eigenvalue weighted by molar-refractivity contribution is 0.122. The Morgan fingerprint density at radius 1 is 1.07 bits per heavy atom. The van der Waals surface area contributed by atoms with E-state index in [1.54, 1.807) is 0 Å². The van der Waals surface area contributed by atoms with Gasteiger partial charge in [0.15, 0.2) is 0 Å². The summed E-state index contributed by atoms with van der Waals surface area (Å²) in [5.74, 6) is 1.05. The Balaban J connectivity index is 1.51. The van der Waals surface area contributed by atoms with Crippen molar-refractivity contribution in [1.29, 1.82) is 0 Å². The number of anilines is 1. The summed E-state index contributed by atoms with van der Waals surface area (Å²) in [5.41, 5.74) is 4.60. The topological polar surface area (TPSA) is 54.0 Å². The Hall–Kier alpha value is -2.92. The number of morpholine rings is 1. The fourth-order valence-electron chi connectivity index (χ4n) is 4.30. The molecule has 0 radical (unpaired) electrons. The molecule has 2 aliphatic rings. The average Bonchev–Trinajstić information content (AvgIpc) is 3.17. The molecule has 1 aliphatic heterocycles. The van der Waals surface area contributed by atoms with Crippen LogP contribution in [0.5, 0.6) is 0 Å². The summed E-state index contributed by atoms with van der Waals surface area (Å²) in [6, 6.07) is 10.8. The first-order valence-corrected chi connectivity index (χ1v) is 10.3. The van der Waals surface area contributed by atoms with Gasteiger partial charge in [0.2, 0.25) is 0 Å². The molecule has 3 aromatic rings. The van der Waals surface area contributed by atoms with Crippen molar-refractivity contribution in [2.75, 3.05) is 31.2 Å². The zero-order valence-electron chi connectivity index (χ0n) is 17.0. The van der Waals surface area contributed by atoms with E-state index in [9.17, 15) is 0 Å². The lowest BCUT2D eigenvalue weighted by atomic mass is 9.77. The van der Waals surface area contributed by atoms with E-state index in [1.807, 2.05) is 19.3 Å². The zero-order chi connectivity index (χ0) is 19.8. The van der Waals surface area contributed by atoms with E-state index in [2.05, 4.69) is 69.3 Å². The molecule has 1 aliphatic carbocycles. The van der Waals surface area contributed by atoms with Gasteiger partial charge in [-0.1, -0.05) is 19.1 Å². The second-order valence-electron chi connectivity index (χ2n) is 8.21. The highest BCUT2D eigenvalue weighted by Gasteiger charge is 2.26. The van der Waals surface area contributed by atoms with E-state index in [4.69, 9.17) is 4.74 Å². The smallest absolute Gasteiger partial charge is 0.128 e. The maximum Gasteiger partial charge on any atom is 0.128 e. The maximum atomic E-state index is 5.48. The largest absolute Gasteiger partial charge is 0.378 e. The molecule has 1 atom stereocenters. The molecule has 1 unspecified atom stereocenters. The lowest BCUT2D eigenvalue weighted by Crippen LogP contribution is -2.37. The van der Waals surface area contributed by atoms with Gasteiger partial charge in [0.05, 0.1) is 13.2 Å². The number of hydrogen-bond donors (Lipinski definition) is 1. The summed E-state index contributed by atoms with van der Waals surface area (Å²) in [5, 5.41) is 2.46. The third-order valence-electron chi connectivity index (χ3n) is 6.03. The van der Waals surface area contributed by atoms with Crippen LogP contribution in [0.4, 0.5) is 5.82 Å². The third kappa shape index (κ3) is 3.47. The number of nitrogens with one attached hydrogen (secondary N) is 1. The number of hydrogen-bond acceptors (Lipinski definition) is 4. The molecule has 0 amide bonds. The van der Waals surface area contributed by atoms with Crippen molar-refractivity contribution < 1.29 is 4.74 Å². The molecule has 0 bridgehead atoms. The molecule has 1 N–H and O–H groups in total. The van der Waals surface area contributed by atoms with E-state index in [-0.39, 0.29) is 5.41 Å². The predicted molar refractivity (Wildman–Crippen MR) is 116 cm³/mol. The first kappa shape index (κ1) is 18.1. The van der Waals surface area contributed by atoms with Gasteiger partial charge in [0, 0.05) is 53.2 Å². The molecule has 5 nitrogen and oxygen atoms in total. The quantitative estimate of drug-likeness (QED) is 0.752. The van der Waals surface area contributed by atoms with Crippen LogP contribution >= 0.6 is 0 Å². The minimum atomic E-state index is -0.0510. The van der Waals surface area contributed by atoms with Crippen molar-refractivity contribution in [3.63, 3.8) is 0 Å². The highest BCUT2D eigenvalue weighted by molar-refractivity contribution is 5.63.